The monoisotopic (exact) mass is 311 g/mol. The predicted octanol–water partition coefficient (Wildman–Crippen LogP) is 4.71. The fourth-order valence-corrected chi connectivity index (χ4v) is 3.25. The highest BCUT2D eigenvalue weighted by Crippen LogP contribution is 2.30. The van der Waals surface area contributed by atoms with Crippen molar-refractivity contribution in [3.63, 3.8) is 0 Å². The van der Waals surface area contributed by atoms with E-state index in [0.717, 1.165) is 47.7 Å². The van der Waals surface area contributed by atoms with Crippen LogP contribution < -0.4 is 5.32 Å². The van der Waals surface area contributed by atoms with Crippen molar-refractivity contribution in [3.05, 3.63) is 17.3 Å². The third kappa shape index (κ3) is 3.83. The van der Waals surface area contributed by atoms with Crippen LogP contribution in [0.15, 0.2) is 12.4 Å². The van der Waals surface area contributed by atoms with Gasteiger partial charge in [-0.05, 0) is 30.7 Å². The molecule has 0 aliphatic heterocycles. The Morgan fingerprint density at radius 3 is 2.85 bits per heavy atom. The SMILES string of the molecule is CCc1cc2c(NCC(C)(C)CCCCl)ncnc2s1. The lowest BCUT2D eigenvalue weighted by molar-refractivity contribution is 0.355. The Kier molecular flexibility index (Phi) is 5.22. The maximum atomic E-state index is 5.78. The molecule has 0 radical (unpaired) electrons. The molecule has 2 rings (SSSR count). The maximum Gasteiger partial charge on any atom is 0.138 e. The number of fused-ring (bicyclic) bond motifs is 1. The summed E-state index contributed by atoms with van der Waals surface area (Å²) in [7, 11) is 0. The van der Waals surface area contributed by atoms with Crippen molar-refractivity contribution >= 4 is 39.0 Å². The van der Waals surface area contributed by atoms with E-state index in [0.29, 0.717) is 0 Å². The van der Waals surface area contributed by atoms with E-state index < -0.39 is 0 Å². The van der Waals surface area contributed by atoms with Crippen molar-refractivity contribution in [2.45, 2.75) is 40.0 Å². The van der Waals surface area contributed by atoms with Crippen LogP contribution in [0, 0.1) is 5.41 Å². The number of alkyl halides is 1. The summed E-state index contributed by atoms with van der Waals surface area (Å²) in [6.45, 7) is 7.58. The number of hydrogen-bond acceptors (Lipinski definition) is 4. The first-order valence-electron chi connectivity index (χ1n) is 7.09. The summed E-state index contributed by atoms with van der Waals surface area (Å²) >= 11 is 7.53. The van der Waals surface area contributed by atoms with Gasteiger partial charge >= 0.3 is 0 Å². The van der Waals surface area contributed by atoms with Gasteiger partial charge in [0.05, 0.1) is 5.39 Å². The number of hydrogen-bond donors (Lipinski definition) is 1. The number of anilines is 1. The Morgan fingerprint density at radius 2 is 2.15 bits per heavy atom. The van der Waals surface area contributed by atoms with Crippen LogP contribution in [0.1, 0.15) is 38.5 Å². The van der Waals surface area contributed by atoms with Crippen molar-refractivity contribution in [1.82, 2.24) is 9.97 Å². The van der Waals surface area contributed by atoms with E-state index >= 15 is 0 Å². The van der Waals surface area contributed by atoms with Crippen molar-refractivity contribution in [2.75, 3.05) is 17.7 Å². The Labute approximate surface area is 129 Å². The molecule has 0 saturated carbocycles. The minimum Gasteiger partial charge on any atom is -0.369 e. The van der Waals surface area contributed by atoms with Crippen LogP contribution in [-0.2, 0) is 6.42 Å². The fraction of sp³-hybridized carbons (Fsp3) is 0.600. The average molecular weight is 312 g/mol. The highest BCUT2D eigenvalue weighted by Gasteiger charge is 2.18. The largest absolute Gasteiger partial charge is 0.369 e. The summed E-state index contributed by atoms with van der Waals surface area (Å²) in [5.74, 6) is 1.68. The molecule has 2 heterocycles. The molecule has 5 heteroatoms. The van der Waals surface area contributed by atoms with Crippen molar-refractivity contribution in [3.8, 4) is 0 Å². The zero-order valence-electron chi connectivity index (χ0n) is 12.4. The Balaban J connectivity index is 2.11. The molecule has 0 unspecified atom stereocenters. The molecule has 3 nitrogen and oxygen atoms in total. The standard InChI is InChI=1S/C15H22ClN3S/c1-4-11-8-12-13(18-10-19-14(12)20-11)17-9-15(2,3)6-5-7-16/h8,10H,4-7,9H2,1-3H3,(H,17,18,19). The summed E-state index contributed by atoms with van der Waals surface area (Å²) < 4.78 is 0. The zero-order chi connectivity index (χ0) is 14.6. The molecule has 0 atom stereocenters. The predicted molar refractivity (Wildman–Crippen MR) is 89.0 cm³/mol. The van der Waals surface area contributed by atoms with Gasteiger partial charge in [-0.25, -0.2) is 9.97 Å². The third-order valence-corrected chi connectivity index (χ3v) is 4.91. The van der Waals surface area contributed by atoms with E-state index in [2.05, 4.69) is 42.1 Å². The average Bonchev–Trinajstić information content (AvgIpc) is 2.86. The van der Waals surface area contributed by atoms with Gasteiger partial charge in [0.25, 0.3) is 0 Å². The lowest BCUT2D eigenvalue weighted by Gasteiger charge is -2.25. The van der Waals surface area contributed by atoms with Crippen LogP contribution >= 0.6 is 22.9 Å². The molecule has 0 fully saturated rings. The van der Waals surface area contributed by atoms with Crippen LogP contribution in [-0.4, -0.2) is 22.4 Å². The van der Waals surface area contributed by atoms with E-state index in [1.54, 1.807) is 17.7 Å². The summed E-state index contributed by atoms with van der Waals surface area (Å²) in [5.41, 5.74) is 0.218. The molecule has 0 aromatic carbocycles. The molecule has 2 aromatic heterocycles. The van der Waals surface area contributed by atoms with E-state index in [-0.39, 0.29) is 5.41 Å². The van der Waals surface area contributed by atoms with Crippen molar-refractivity contribution < 1.29 is 0 Å². The maximum absolute atomic E-state index is 5.78. The second-order valence-corrected chi connectivity index (χ2v) is 7.31. The molecule has 0 saturated heterocycles. The lowest BCUT2D eigenvalue weighted by Crippen LogP contribution is -2.23. The molecule has 1 N–H and O–H groups in total. The first-order valence-corrected chi connectivity index (χ1v) is 8.44. The van der Waals surface area contributed by atoms with Gasteiger partial charge in [-0.1, -0.05) is 20.8 Å². The van der Waals surface area contributed by atoms with Gasteiger partial charge < -0.3 is 5.32 Å². The summed E-state index contributed by atoms with van der Waals surface area (Å²) in [6.07, 6.45) is 4.85. The van der Waals surface area contributed by atoms with E-state index in [1.807, 2.05) is 0 Å². The molecule has 0 aliphatic carbocycles. The minimum atomic E-state index is 0.218. The molecule has 2 aromatic rings. The highest BCUT2D eigenvalue weighted by atomic mass is 35.5. The van der Waals surface area contributed by atoms with Gasteiger partial charge in [0.2, 0.25) is 0 Å². The topological polar surface area (TPSA) is 37.8 Å². The number of rotatable bonds is 7. The van der Waals surface area contributed by atoms with Gasteiger partial charge in [0.15, 0.2) is 0 Å². The molecule has 0 spiro atoms. The molecule has 20 heavy (non-hydrogen) atoms. The van der Waals surface area contributed by atoms with Gasteiger partial charge in [-0.15, -0.1) is 22.9 Å². The number of nitrogens with zero attached hydrogens (tertiary/aromatic N) is 2. The van der Waals surface area contributed by atoms with Gasteiger partial charge in [0, 0.05) is 17.3 Å². The highest BCUT2D eigenvalue weighted by molar-refractivity contribution is 7.18. The van der Waals surface area contributed by atoms with Crippen LogP contribution in [0.2, 0.25) is 0 Å². The molecular formula is C15H22ClN3S. The number of thiophene rings is 1. The smallest absolute Gasteiger partial charge is 0.138 e. The van der Waals surface area contributed by atoms with Crippen LogP contribution in [0.25, 0.3) is 10.2 Å². The molecular weight excluding hydrogens is 290 g/mol. The second-order valence-electron chi connectivity index (χ2n) is 5.82. The van der Waals surface area contributed by atoms with E-state index in [4.69, 9.17) is 11.6 Å². The Hall–Kier alpha value is -0.870. The van der Waals surface area contributed by atoms with E-state index in [9.17, 15) is 0 Å². The number of nitrogens with one attached hydrogen (secondary N) is 1. The fourth-order valence-electron chi connectivity index (χ4n) is 2.18. The summed E-state index contributed by atoms with van der Waals surface area (Å²) in [4.78, 5) is 11.2. The lowest BCUT2D eigenvalue weighted by atomic mass is 9.88. The van der Waals surface area contributed by atoms with Crippen LogP contribution in [0.3, 0.4) is 0 Å². The quantitative estimate of drug-likeness (QED) is 0.752. The first-order chi connectivity index (χ1) is 9.55. The number of aryl methyl sites for hydroxylation is 1. The summed E-state index contributed by atoms with van der Waals surface area (Å²) in [5, 5.41) is 4.63. The molecule has 0 aliphatic rings. The number of aromatic nitrogens is 2. The van der Waals surface area contributed by atoms with E-state index in [1.165, 1.54) is 4.88 Å². The van der Waals surface area contributed by atoms with Gasteiger partial charge in [-0.2, -0.15) is 0 Å². The third-order valence-electron chi connectivity index (χ3n) is 3.45. The summed E-state index contributed by atoms with van der Waals surface area (Å²) in [6, 6.07) is 2.20. The number of halogens is 1. The van der Waals surface area contributed by atoms with Gasteiger partial charge in [-0.3, -0.25) is 0 Å². The van der Waals surface area contributed by atoms with Crippen LogP contribution in [0.4, 0.5) is 5.82 Å². The molecule has 110 valence electrons. The molecule has 0 bridgehead atoms. The van der Waals surface area contributed by atoms with Crippen molar-refractivity contribution in [2.24, 2.45) is 5.41 Å². The second kappa shape index (κ2) is 6.72. The zero-order valence-corrected chi connectivity index (χ0v) is 13.9. The van der Waals surface area contributed by atoms with Gasteiger partial charge in [0.1, 0.15) is 17.0 Å². The van der Waals surface area contributed by atoms with Crippen molar-refractivity contribution in [1.29, 1.82) is 0 Å². The normalized spacial score (nSPS) is 12.0. The first kappa shape index (κ1) is 15.5. The molecule has 0 amide bonds. The Morgan fingerprint density at radius 1 is 1.35 bits per heavy atom. The van der Waals surface area contributed by atoms with Crippen LogP contribution in [0.5, 0.6) is 0 Å². The Bertz CT molecular complexity index is 565. The minimum absolute atomic E-state index is 0.218.